The highest BCUT2D eigenvalue weighted by Crippen LogP contribution is 2.40. The van der Waals surface area contributed by atoms with Gasteiger partial charge in [0.2, 0.25) is 0 Å². The van der Waals surface area contributed by atoms with Crippen molar-refractivity contribution in [3.63, 3.8) is 0 Å². The Morgan fingerprint density at radius 1 is 1.08 bits per heavy atom. The Bertz CT molecular complexity index is 1290. The van der Waals surface area contributed by atoms with Crippen LogP contribution in [-0.2, 0) is 25.5 Å². The van der Waals surface area contributed by atoms with Crippen LogP contribution in [-0.4, -0.2) is 73.5 Å². The summed E-state index contributed by atoms with van der Waals surface area (Å²) in [5, 5.41) is 0. The molecule has 3 unspecified atom stereocenters. The van der Waals surface area contributed by atoms with Gasteiger partial charge in [0.25, 0.3) is 0 Å². The maximum Gasteiger partial charge on any atom is 0.338 e. The van der Waals surface area contributed by atoms with Gasteiger partial charge in [-0.25, -0.2) is 4.79 Å². The summed E-state index contributed by atoms with van der Waals surface area (Å²) >= 11 is 0. The van der Waals surface area contributed by atoms with Gasteiger partial charge >= 0.3 is 11.9 Å². The third-order valence-corrected chi connectivity index (χ3v) is 7.67. The molecule has 4 rings (SSSR count). The Balaban J connectivity index is 1.47. The van der Waals surface area contributed by atoms with E-state index in [1.165, 1.54) is 12.7 Å². The van der Waals surface area contributed by atoms with Crippen molar-refractivity contribution in [2.45, 2.75) is 39.3 Å². The number of terminal acetylenes is 1. The number of piperazine rings is 1. The molecule has 39 heavy (non-hydrogen) atoms. The van der Waals surface area contributed by atoms with E-state index in [1.807, 2.05) is 37.3 Å². The first-order chi connectivity index (χ1) is 18.8. The molecule has 204 valence electrons. The lowest BCUT2D eigenvalue weighted by molar-refractivity contribution is -0.155. The highest BCUT2D eigenvalue weighted by atomic mass is 16.6. The molecular weight excluding hydrogens is 490 g/mol. The minimum atomic E-state index is -0.752. The van der Waals surface area contributed by atoms with E-state index in [2.05, 4.69) is 45.0 Å². The molecule has 3 atom stereocenters. The Morgan fingerprint density at radius 3 is 2.46 bits per heavy atom. The van der Waals surface area contributed by atoms with Crippen molar-refractivity contribution < 1.29 is 19.1 Å². The molecule has 0 bridgehead atoms. The molecule has 2 aromatic rings. The molecule has 0 N–H and O–H groups in total. The largest absolute Gasteiger partial charge is 0.468 e. The van der Waals surface area contributed by atoms with Crippen LogP contribution in [0.15, 0.2) is 70.9 Å². The highest BCUT2D eigenvalue weighted by Gasteiger charge is 2.42. The first-order valence-electron chi connectivity index (χ1n) is 13.4. The average molecular weight is 528 g/mol. The van der Waals surface area contributed by atoms with Crippen LogP contribution in [0.5, 0.6) is 0 Å². The van der Waals surface area contributed by atoms with Gasteiger partial charge in [-0.2, -0.15) is 0 Å². The number of nitrogens with zero attached hydrogens (tertiary/aromatic N) is 3. The van der Waals surface area contributed by atoms with E-state index in [0.717, 1.165) is 44.7 Å². The lowest BCUT2D eigenvalue weighted by atomic mass is 9.75. The van der Waals surface area contributed by atoms with Crippen molar-refractivity contribution in [1.29, 1.82) is 0 Å². The van der Waals surface area contributed by atoms with E-state index in [-0.39, 0.29) is 0 Å². The summed E-state index contributed by atoms with van der Waals surface area (Å²) in [6.45, 7) is 9.89. The fourth-order valence-corrected chi connectivity index (χ4v) is 5.49. The maximum atomic E-state index is 13.7. The number of ether oxygens (including phenoxy) is 2. The summed E-state index contributed by atoms with van der Waals surface area (Å²) in [5.41, 5.74) is 4.24. The molecule has 0 radical (unpaired) electrons. The smallest absolute Gasteiger partial charge is 0.338 e. The van der Waals surface area contributed by atoms with Crippen molar-refractivity contribution in [2.75, 3.05) is 39.8 Å². The minimum Gasteiger partial charge on any atom is -0.468 e. The summed E-state index contributed by atoms with van der Waals surface area (Å²) in [6.07, 6.45) is 6.24. The fourth-order valence-electron chi connectivity index (χ4n) is 5.49. The third-order valence-electron chi connectivity index (χ3n) is 7.67. The van der Waals surface area contributed by atoms with Crippen LogP contribution in [0.1, 0.15) is 43.4 Å². The summed E-state index contributed by atoms with van der Waals surface area (Å²) in [7, 11) is 1.34. The summed E-state index contributed by atoms with van der Waals surface area (Å²) in [5.74, 6) is 0.341. The fraction of sp³-hybridized carbons (Fsp3) is 0.406. The number of benzene rings is 2. The van der Waals surface area contributed by atoms with Gasteiger partial charge in [-0.1, -0.05) is 48.4 Å². The van der Waals surface area contributed by atoms with Crippen LogP contribution in [0, 0.1) is 18.3 Å². The van der Waals surface area contributed by atoms with Gasteiger partial charge in [-0.3, -0.25) is 14.7 Å². The number of carbonyl (C=O) groups excluding carboxylic acids is 2. The van der Waals surface area contributed by atoms with E-state index in [9.17, 15) is 9.59 Å². The number of aliphatic imine (C=N–C) groups is 1. The Kier molecular flexibility index (Phi) is 9.34. The molecule has 7 heteroatoms. The zero-order chi connectivity index (χ0) is 27.9. The average Bonchev–Trinajstić information content (AvgIpc) is 2.96. The van der Waals surface area contributed by atoms with Gasteiger partial charge in [0.15, 0.2) is 6.23 Å². The van der Waals surface area contributed by atoms with E-state index in [4.69, 9.17) is 15.9 Å². The van der Waals surface area contributed by atoms with Crippen molar-refractivity contribution in [3.05, 3.63) is 82.6 Å². The second kappa shape index (κ2) is 12.9. The first kappa shape index (κ1) is 28.3. The van der Waals surface area contributed by atoms with Gasteiger partial charge in [0.05, 0.1) is 12.7 Å². The van der Waals surface area contributed by atoms with Crippen LogP contribution >= 0.6 is 0 Å². The number of esters is 2. The predicted molar refractivity (Wildman–Crippen MR) is 152 cm³/mol. The predicted octanol–water partition coefficient (Wildman–Crippen LogP) is 4.04. The molecule has 0 spiro atoms. The van der Waals surface area contributed by atoms with E-state index in [0.29, 0.717) is 22.5 Å². The van der Waals surface area contributed by atoms with Crippen LogP contribution in [0.4, 0.5) is 0 Å². The Morgan fingerprint density at radius 2 is 1.79 bits per heavy atom. The number of hydrogen-bond donors (Lipinski definition) is 0. The summed E-state index contributed by atoms with van der Waals surface area (Å²) in [6, 6.07) is 17.9. The topological polar surface area (TPSA) is 71.4 Å². The third kappa shape index (κ3) is 6.65. The van der Waals surface area contributed by atoms with Crippen LogP contribution < -0.4 is 0 Å². The number of methoxy groups -OCH3 is 1. The Labute approximate surface area is 231 Å². The second-order valence-corrected chi connectivity index (χ2v) is 10.1. The SMILES string of the molecule is C#Cc1cccc(C2C(C(=O)OC(C)N3CCN(CCc4ccccc4)CC3)=C(C)N=C(C)C2C(=O)OC)c1. The molecule has 1 saturated heterocycles. The molecule has 0 aromatic heterocycles. The van der Waals surface area contributed by atoms with E-state index < -0.39 is 30.0 Å². The van der Waals surface area contributed by atoms with Gasteiger partial charge in [-0.15, -0.1) is 6.42 Å². The minimum absolute atomic E-state index is 0.360. The summed E-state index contributed by atoms with van der Waals surface area (Å²) in [4.78, 5) is 35.8. The highest BCUT2D eigenvalue weighted by molar-refractivity contribution is 6.07. The number of rotatable bonds is 8. The van der Waals surface area contributed by atoms with E-state index in [1.54, 1.807) is 13.8 Å². The van der Waals surface area contributed by atoms with Crippen molar-refractivity contribution in [2.24, 2.45) is 10.9 Å². The number of carbonyl (C=O) groups is 2. The normalized spacial score (nSPS) is 21.1. The standard InChI is InChI=1S/C32H37N3O4/c1-6-25-13-10-14-27(21-25)30-28(31(36)38-5)22(2)33-23(3)29(30)32(37)39-24(4)35-19-17-34(18-20-35)16-15-26-11-8-7-9-12-26/h1,7-14,21,24,28,30H,15-20H2,2-5H3. The number of allylic oxidation sites excluding steroid dienone is 1. The van der Waals surface area contributed by atoms with Crippen molar-refractivity contribution in [3.8, 4) is 12.3 Å². The first-order valence-corrected chi connectivity index (χ1v) is 13.4. The molecule has 2 heterocycles. The molecule has 0 aliphatic carbocycles. The lowest BCUT2D eigenvalue weighted by Gasteiger charge is -2.38. The lowest BCUT2D eigenvalue weighted by Crippen LogP contribution is -2.51. The zero-order valence-electron chi connectivity index (χ0n) is 23.2. The zero-order valence-corrected chi connectivity index (χ0v) is 23.2. The van der Waals surface area contributed by atoms with Crippen LogP contribution in [0.2, 0.25) is 0 Å². The Hall–Kier alpha value is -3.73. The van der Waals surface area contributed by atoms with Crippen molar-refractivity contribution in [1.82, 2.24) is 9.80 Å². The van der Waals surface area contributed by atoms with Gasteiger partial charge in [0, 0.05) is 55.6 Å². The maximum absolute atomic E-state index is 13.7. The molecule has 2 aliphatic heterocycles. The quantitative estimate of drug-likeness (QED) is 0.381. The van der Waals surface area contributed by atoms with E-state index >= 15 is 0 Å². The van der Waals surface area contributed by atoms with Gasteiger partial charge < -0.3 is 14.4 Å². The van der Waals surface area contributed by atoms with Gasteiger partial charge in [-0.05, 0) is 50.5 Å². The molecule has 0 saturated carbocycles. The second-order valence-electron chi connectivity index (χ2n) is 10.1. The molecule has 1 fully saturated rings. The molecule has 2 aromatic carbocycles. The molecule has 7 nitrogen and oxygen atoms in total. The molecule has 0 amide bonds. The van der Waals surface area contributed by atoms with Crippen LogP contribution in [0.3, 0.4) is 0 Å². The summed E-state index contributed by atoms with van der Waals surface area (Å²) < 4.78 is 11.1. The molecule has 2 aliphatic rings. The molecular formula is C32H37N3O4. The van der Waals surface area contributed by atoms with Crippen LogP contribution in [0.25, 0.3) is 0 Å². The monoisotopic (exact) mass is 527 g/mol. The number of hydrogen-bond acceptors (Lipinski definition) is 7. The van der Waals surface area contributed by atoms with Gasteiger partial charge in [0.1, 0.15) is 5.92 Å². The van der Waals surface area contributed by atoms with Crippen molar-refractivity contribution >= 4 is 17.7 Å².